The molecule has 48 heavy (non-hydrogen) atoms. The van der Waals surface area contributed by atoms with Gasteiger partial charge in [-0.15, -0.1) is 0 Å². The number of azo groups is 3. The number of rotatable bonds is 8. The monoisotopic (exact) mass is 769 g/mol. The molecule has 6 N–H and O–H groups in total. The van der Waals surface area contributed by atoms with Gasteiger partial charge in [0.15, 0.2) is 0 Å². The molecule has 0 bridgehead atoms. The maximum Gasteiger partial charge on any atom is 0.270 e. The molecule has 5 aliphatic rings. The fraction of sp³-hybridized carbons (Fsp3) is 1.00. The average Bonchev–Trinajstić information content (AvgIpc) is 3.00. The molecule has 1 radical (unpaired) electrons. The van der Waals surface area contributed by atoms with Crippen molar-refractivity contribution in [2.45, 2.75) is 162 Å². The summed E-state index contributed by atoms with van der Waals surface area (Å²) in [6.07, 6.45) is 1.92. The number of fused-ring (bicyclic) bond motifs is 1. The molecule has 5 fully saturated rings. The third-order valence-electron chi connectivity index (χ3n) is 11.2. The van der Waals surface area contributed by atoms with Crippen LogP contribution in [0.4, 0.5) is 0 Å². The second-order valence-corrected chi connectivity index (χ2v) is 17.9. The van der Waals surface area contributed by atoms with E-state index in [0.29, 0.717) is 64.2 Å². The second-order valence-electron chi connectivity index (χ2n) is 14.6. The Labute approximate surface area is 292 Å². The predicted molar refractivity (Wildman–Crippen MR) is 168 cm³/mol. The minimum absolute atomic E-state index is 0. The Kier molecular flexibility index (Phi) is 13.7. The third-order valence-corrected chi connectivity index (χ3v) is 13.8. The van der Waals surface area contributed by atoms with Crippen molar-refractivity contribution in [3.05, 3.63) is 0 Å². The van der Waals surface area contributed by atoms with Crippen LogP contribution >= 0.6 is 0 Å². The molecule has 0 amide bonds. The van der Waals surface area contributed by atoms with Gasteiger partial charge in [0.05, 0.1) is 59.9 Å². The van der Waals surface area contributed by atoms with Gasteiger partial charge in [-0.25, -0.2) is 0 Å². The Morgan fingerprint density at radius 1 is 0.562 bits per heavy atom. The first kappa shape index (κ1) is 39.8. The molecular formula is C29H50CuN6O10S2. The van der Waals surface area contributed by atoms with Crippen LogP contribution in [0, 0.1) is 17.8 Å². The van der Waals surface area contributed by atoms with Crippen molar-refractivity contribution in [3.8, 4) is 0 Å². The van der Waals surface area contributed by atoms with Gasteiger partial charge in [0.2, 0.25) is 0 Å². The van der Waals surface area contributed by atoms with Gasteiger partial charge in [-0.2, -0.15) is 47.5 Å². The first-order valence-electron chi connectivity index (χ1n) is 16.9. The molecule has 13 atom stereocenters. The molecular weight excluding hydrogens is 720 g/mol. The van der Waals surface area contributed by atoms with Crippen molar-refractivity contribution in [3.63, 3.8) is 0 Å². The van der Waals surface area contributed by atoms with Gasteiger partial charge in [-0.3, -0.25) is 9.11 Å². The van der Waals surface area contributed by atoms with Crippen LogP contribution in [0.15, 0.2) is 30.7 Å². The number of aliphatic hydroxyl groups excluding tert-OH is 4. The topological polar surface area (TPSA) is 264 Å². The first-order valence-corrected chi connectivity index (χ1v) is 20.0. The third kappa shape index (κ3) is 9.85. The van der Waals surface area contributed by atoms with Gasteiger partial charge in [0, 0.05) is 23.5 Å². The van der Waals surface area contributed by atoms with E-state index in [4.69, 9.17) is 0 Å². The van der Waals surface area contributed by atoms with E-state index in [-0.39, 0.29) is 78.3 Å². The Morgan fingerprint density at radius 2 is 1.17 bits per heavy atom. The quantitative estimate of drug-likeness (QED) is 0.119. The Balaban J connectivity index is 0.00000520. The maximum atomic E-state index is 12.5. The minimum Gasteiger partial charge on any atom is -0.393 e. The van der Waals surface area contributed by atoms with Crippen molar-refractivity contribution < 1.29 is 63.4 Å². The van der Waals surface area contributed by atoms with Crippen LogP contribution in [0.3, 0.4) is 0 Å². The standard InChI is InChI=1S/C29H50N6O10S2.Cu/c1-15-10-24(26(38)14-23(15)33-30-17-2-6-20(7-3-17)46(40,41)42)34-35-28-27(47(43,44)45)12-16-11-18(4-8-21(16)29(28)39)31-32-22-9-5-19(36)13-25(22)37;/h15-29,36-39H,2-14H2,1H3,(H,40,41,42)(H,43,44,45);. The Morgan fingerprint density at radius 3 is 1.81 bits per heavy atom. The van der Waals surface area contributed by atoms with Gasteiger partial charge in [0.1, 0.15) is 11.3 Å². The summed E-state index contributed by atoms with van der Waals surface area (Å²) in [5.74, 6) is -0.553. The molecule has 0 spiro atoms. The molecule has 0 aromatic carbocycles. The molecule has 279 valence electrons. The van der Waals surface area contributed by atoms with Gasteiger partial charge >= 0.3 is 0 Å². The van der Waals surface area contributed by atoms with Gasteiger partial charge in [-0.05, 0) is 94.8 Å². The molecule has 5 rings (SSSR count). The number of aliphatic hydroxyl groups is 4. The Bertz CT molecular complexity index is 1380. The van der Waals surface area contributed by atoms with Crippen molar-refractivity contribution in [1.29, 1.82) is 0 Å². The molecule has 19 heteroatoms. The van der Waals surface area contributed by atoms with Crippen LogP contribution in [-0.4, -0.2) is 118 Å². The molecule has 5 saturated carbocycles. The number of hydrogen-bond acceptors (Lipinski definition) is 14. The average molecular weight is 770 g/mol. The zero-order valence-corrected chi connectivity index (χ0v) is 29.5. The van der Waals surface area contributed by atoms with E-state index in [1.165, 1.54) is 0 Å². The zero-order valence-electron chi connectivity index (χ0n) is 27.0. The van der Waals surface area contributed by atoms with Gasteiger partial charge in [0.25, 0.3) is 20.2 Å². The summed E-state index contributed by atoms with van der Waals surface area (Å²) in [6, 6.07) is -2.88. The second kappa shape index (κ2) is 16.5. The summed E-state index contributed by atoms with van der Waals surface area (Å²) in [6.45, 7) is 1.95. The number of nitrogens with zero attached hydrogens (tertiary/aromatic N) is 6. The van der Waals surface area contributed by atoms with E-state index in [1.54, 1.807) is 0 Å². The summed E-state index contributed by atoms with van der Waals surface area (Å²) in [5, 5.41) is 66.3. The van der Waals surface area contributed by atoms with E-state index >= 15 is 0 Å². The summed E-state index contributed by atoms with van der Waals surface area (Å²) in [7, 11) is -8.66. The zero-order chi connectivity index (χ0) is 34.1. The van der Waals surface area contributed by atoms with Crippen LogP contribution in [0.1, 0.15) is 90.4 Å². The molecule has 0 heterocycles. The first-order chi connectivity index (χ1) is 22.1. The van der Waals surface area contributed by atoms with Crippen LogP contribution in [0.25, 0.3) is 0 Å². The van der Waals surface area contributed by atoms with Crippen molar-refractivity contribution in [2.75, 3.05) is 0 Å². The summed E-state index contributed by atoms with van der Waals surface area (Å²) in [4.78, 5) is 0. The molecule has 0 saturated heterocycles. The van der Waals surface area contributed by atoms with E-state index < -0.39 is 67.2 Å². The predicted octanol–water partition coefficient (Wildman–Crippen LogP) is 2.52. The minimum atomic E-state index is -4.60. The van der Waals surface area contributed by atoms with Gasteiger partial charge in [-0.1, -0.05) is 6.92 Å². The van der Waals surface area contributed by atoms with Crippen molar-refractivity contribution in [1.82, 2.24) is 0 Å². The maximum absolute atomic E-state index is 12.5. The molecule has 0 aliphatic heterocycles. The van der Waals surface area contributed by atoms with Crippen LogP contribution in [0.5, 0.6) is 0 Å². The summed E-state index contributed by atoms with van der Waals surface area (Å²) >= 11 is 0. The van der Waals surface area contributed by atoms with Crippen LogP contribution in [-0.2, 0) is 37.3 Å². The smallest absolute Gasteiger partial charge is 0.270 e. The summed E-state index contributed by atoms with van der Waals surface area (Å²) in [5.41, 5.74) is 0. The molecule has 13 unspecified atom stereocenters. The van der Waals surface area contributed by atoms with Crippen LogP contribution < -0.4 is 0 Å². The summed E-state index contributed by atoms with van der Waals surface area (Å²) < 4.78 is 67.2. The molecule has 0 aromatic heterocycles. The van der Waals surface area contributed by atoms with Gasteiger partial charge < -0.3 is 20.4 Å². The Hall–Kier alpha value is -1.02. The van der Waals surface area contributed by atoms with E-state index in [9.17, 15) is 46.4 Å². The molecule has 5 aliphatic carbocycles. The van der Waals surface area contributed by atoms with Crippen LogP contribution in [0.2, 0.25) is 0 Å². The van der Waals surface area contributed by atoms with E-state index in [0.717, 1.165) is 0 Å². The number of hydrogen-bond donors (Lipinski definition) is 6. The fourth-order valence-corrected chi connectivity index (χ4v) is 10.2. The normalized spacial score (nSPS) is 44.9. The van der Waals surface area contributed by atoms with Crippen molar-refractivity contribution >= 4 is 20.2 Å². The molecule has 16 nitrogen and oxygen atoms in total. The molecule has 0 aromatic rings. The van der Waals surface area contributed by atoms with E-state index in [1.807, 2.05) is 6.92 Å². The largest absolute Gasteiger partial charge is 0.393 e. The van der Waals surface area contributed by atoms with E-state index in [2.05, 4.69) is 30.7 Å². The van der Waals surface area contributed by atoms with Crippen molar-refractivity contribution in [2.24, 2.45) is 48.4 Å². The fourth-order valence-electron chi connectivity index (χ4n) is 8.28. The SMILES string of the molecule is CC1CC(N=NC2C(O)C3CCC(N=NC4CCC(O)CC4O)CC3CC2S(=O)(=O)O)C(O)CC1N=NC1CCC(S(=O)(=O)O)CC1.[Cu].